The fraction of sp³-hybridized carbons (Fsp3) is 0.769. The van der Waals surface area contributed by atoms with Crippen LogP contribution in [-0.4, -0.2) is 52.2 Å². The molecular weight excluding hydrogens is 264 g/mol. The molecule has 3 atom stereocenters. The third-order valence-corrected chi connectivity index (χ3v) is 4.00. The normalized spacial score (nSPS) is 25.2. The van der Waals surface area contributed by atoms with E-state index in [-0.39, 0.29) is 6.04 Å². The molecule has 0 bridgehead atoms. The van der Waals surface area contributed by atoms with Crippen molar-refractivity contribution in [2.24, 2.45) is 11.8 Å². The van der Waals surface area contributed by atoms with Gasteiger partial charge in [0.1, 0.15) is 13.1 Å². The van der Waals surface area contributed by atoms with Gasteiger partial charge in [0.25, 0.3) is 0 Å². The highest BCUT2D eigenvalue weighted by molar-refractivity contribution is 5.84. The van der Waals surface area contributed by atoms with E-state index in [2.05, 4.69) is 19.2 Å². The van der Waals surface area contributed by atoms with Crippen molar-refractivity contribution in [3.8, 4) is 0 Å². The van der Waals surface area contributed by atoms with E-state index in [0.29, 0.717) is 11.8 Å². The van der Waals surface area contributed by atoms with Crippen molar-refractivity contribution >= 4 is 18.0 Å². The minimum Gasteiger partial charge on any atom is -0.480 e. The molecule has 0 aromatic carbocycles. The molecule has 0 radical (unpaired) electrons. The SMILES string of the molecule is CCC1CCC(NC(=O)N(CC(=O)O)CC(=O)O)C1C. The van der Waals surface area contributed by atoms with Crippen molar-refractivity contribution < 1.29 is 24.6 Å². The van der Waals surface area contributed by atoms with Crippen molar-refractivity contribution in [2.45, 2.75) is 39.2 Å². The molecule has 20 heavy (non-hydrogen) atoms. The lowest BCUT2D eigenvalue weighted by Crippen LogP contribution is -2.49. The molecule has 1 fully saturated rings. The van der Waals surface area contributed by atoms with Crippen LogP contribution in [0.3, 0.4) is 0 Å². The van der Waals surface area contributed by atoms with Gasteiger partial charge in [-0.05, 0) is 24.7 Å². The highest BCUT2D eigenvalue weighted by Crippen LogP contribution is 2.33. The molecule has 0 aromatic rings. The monoisotopic (exact) mass is 286 g/mol. The second-order valence-corrected chi connectivity index (χ2v) is 5.30. The third-order valence-electron chi connectivity index (χ3n) is 4.00. The second kappa shape index (κ2) is 7.12. The van der Waals surface area contributed by atoms with Crippen LogP contribution in [0.5, 0.6) is 0 Å². The van der Waals surface area contributed by atoms with Crippen molar-refractivity contribution in [2.75, 3.05) is 13.1 Å². The Morgan fingerprint density at radius 1 is 1.15 bits per heavy atom. The summed E-state index contributed by atoms with van der Waals surface area (Å²) in [7, 11) is 0. The molecule has 3 N–H and O–H groups in total. The average molecular weight is 286 g/mol. The van der Waals surface area contributed by atoms with E-state index in [1.165, 1.54) is 0 Å². The molecule has 0 heterocycles. The molecule has 0 spiro atoms. The molecule has 114 valence electrons. The molecule has 1 saturated carbocycles. The molecular formula is C13H22N2O5. The zero-order valence-electron chi connectivity index (χ0n) is 11.8. The van der Waals surface area contributed by atoms with Gasteiger partial charge in [0.2, 0.25) is 0 Å². The average Bonchev–Trinajstić information content (AvgIpc) is 2.68. The summed E-state index contributed by atoms with van der Waals surface area (Å²) in [4.78, 5) is 34.2. The summed E-state index contributed by atoms with van der Waals surface area (Å²) >= 11 is 0. The van der Waals surface area contributed by atoms with E-state index in [9.17, 15) is 14.4 Å². The molecule has 1 aliphatic carbocycles. The number of nitrogens with one attached hydrogen (secondary N) is 1. The summed E-state index contributed by atoms with van der Waals surface area (Å²) in [6.45, 7) is 2.93. The predicted octanol–water partition coefficient (Wildman–Crippen LogP) is 0.992. The maximum Gasteiger partial charge on any atom is 0.323 e. The Kier molecular flexibility index (Phi) is 5.79. The molecule has 0 aromatic heterocycles. The van der Waals surface area contributed by atoms with Gasteiger partial charge in [0, 0.05) is 6.04 Å². The summed E-state index contributed by atoms with van der Waals surface area (Å²) in [5.74, 6) is -1.59. The van der Waals surface area contributed by atoms with E-state index in [0.717, 1.165) is 24.2 Å². The van der Waals surface area contributed by atoms with Gasteiger partial charge in [-0.3, -0.25) is 9.59 Å². The molecule has 7 nitrogen and oxygen atoms in total. The zero-order chi connectivity index (χ0) is 15.3. The fourth-order valence-electron chi connectivity index (χ4n) is 2.80. The van der Waals surface area contributed by atoms with Gasteiger partial charge in [-0.1, -0.05) is 20.3 Å². The number of urea groups is 1. The summed E-state index contributed by atoms with van der Waals surface area (Å²) < 4.78 is 0. The number of aliphatic carboxylic acids is 2. The van der Waals surface area contributed by atoms with Gasteiger partial charge in [0.05, 0.1) is 0 Å². The summed E-state index contributed by atoms with van der Waals surface area (Å²) in [5, 5.41) is 20.2. The van der Waals surface area contributed by atoms with Crippen LogP contribution >= 0.6 is 0 Å². The van der Waals surface area contributed by atoms with E-state index < -0.39 is 31.1 Å². The first kappa shape index (κ1) is 16.3. The summed E-state index contributed by atoms with van der Waals surface area (Å²) in [6, 6.07) is -0.638. The largest absolute Gasteiger partial charge is 0.480 e. The van der Waals surface area contributed by atoms with Gasteiger partial charge in [-0.25, -0.2) is 4.79 Å². The number of carbonyl (C=O) groups is 3. The topological polar surface area (TPSA) is 107 Å². The Morgan fingerprint density at radius 2 is 1.70 bits per heavy atom. The number of carboxylic acid groups (broad SMARTS) is 2. The minimum atomic E-state index is -1.23. The first-order chi connectivity index (χ1) is 9.35. The van der Waals surface area contributed by atoms with E-state index in [1.807, 2.05) is 0 Å². The molecule has 0 aliphatic heterocycles. The van der Waals surface area contributed by atoms with Gasteiger partial charge < -0.3 is 20.4 Å². The fourth-order valence-corrected chi connectivity index (χ4v) is 2.80. The number of carbonyl (C=O) groups excluding carboxylic acids is 1. The number of hydrogen-bond acceptors (Lipinski definition) is 3. The summed E-state index contributed by atoms with van der Waals surface area (Å²) in [5.41, 5.74) is 0. The lowest BCUT2D eigenvalue weighted by atomic mass is 9.93. The maximum atomic E-state index is 12.0. The van der Waals surface area contributed by atoms with Crippen molar-refractivity contribution in [3.63, 3.8) is 0 Å². The van der Waals surface area contributed by atoms with Crippen molar-refractivity contribution in [1.29, 1.82) is 0 Å². The van der Waals surface area contributed by atoms with Crippen LogP contribution in [0.4, 0.5) is 4.79 Å². The molecule has 1 rings (SSSR count). The minimum absolute atomic E-state index is 0.0162. The van der Waals surface area contributed by atoms with Crippen molar-refractivity contribution in [3.05, 3.63) is 0 Å². The maximum absolute atomic E-state index is 12.0. The molecule has 3 unspecified atom stereocenters. The lowest BCUT2D eigenvalue weighted by Gasteiger charge is -2.25. The number of rotatable bonds is 6. The number of amides is 2. The number of carboxylic acids is 2. The van der Waals surface area contributed by atoms with Crippen LogP contribution in [0.1, 0.15) is 33.1 Å². The highest BCUT2D eigenvalue weighted by Gasteiger charge is 2.33. The van der Waals surface area contributed by atoms with Gasteiger partial charge in [0.15, 0.2) is 0 Å². The molecule has 2 amide bonds. The zero-order valence-corrected chi connectivity index (χ0v) is 11.8. The van der Waals surface area contributed by atoms with Gasteiger partial charge in [-0.15, -0.1) is 0 Å². The lowest BCUT2D eigenvalue weighted by molar-refractivity contribution is -0.140. The predicted molar refractivity (Wildman–Crippen MR) is 71.3 cm³/mol. The van der Waals surface area contributed by atoms with Crippen LogP contribution in [0.15, 0.2) is 0 Å². The van der Waals surface area contributed by atoms with Crippen LogP contribution in [0.25, 0.3) is 0 Å². The Morgan fingerprint density at radius 3 is 2.10 bits per heavy atom. The number of nitrogens with zero attached hydrogens (tertiary/aromatic N) is 1. The van der Waals surface area contributed by atoms with Crippen molar-refractivity contribution in [1.82, 2.24) is 10.2 Å². The van der Waals surface area contributed by atoms with Gasteiger partial charge in [-0.2, -0.15) is 0 Å². The van der Waals surface area contributed by atoms with Crippen LogP contribution in [0.2, 0.25) is 0 Å². The molecule has 1 aliphatic rings. The van der Waals surface area contributed by atoms with Gasteiger partial charge >= 0.3 is 18.0 Å². The Bertz CT molecular complexity index is 369. The first-order valence-corrected chi connectivity index (χ1v) is 6.84. The summed E-state index contributed by atoms with van der Waals surface area (Å²) in [6.07, 6.45) is 2.92. The van der Waals surface area contributed by atoms with E-state index in [1.54, 1.807) is 0 Å². The highest BCUT2D eigenvalue weighted by atomic mass is 16.4. The Labute approximate surface area is 117 Å². The third kappa shape index (κ3) is 4.40. The molecule has 7 heteroatoms. The van der Waals surface area contributed by atoms with E-state index >= 15 is 0 Å². The standard InChI is InChI=1S/C13H22N2O5/c1-3-9-4-5-10(8(9)2)14-13(20)15(6-11(16)17)7-12(18)19/h8-10H,3-7H2,1-2H3,(H,14,20)(H,16,17)(H,18,19). The molecule has 0 saturated heterocycles. The quantitative estimate of drug-likeness (QED) is 0.675. The van der Waals surface area contributed by atoms with Crippen LogP contribution in [0, 0.1) is 11.8 Å². The number of hydrogen-bond donors (Lipinski definition) is 3. The smallest absolute Gasteiger partial charge is 0.323 e. The Balaban J connectivity index is 2.61. The first-order valence-electron chi connectivity index (χ1n) is 6.84. The Hall–Kier alpha value is -1.79. The van der Waals surface area contributed by atoms with Crippen LogP contribution in [-0.2, 0) is 9.59 Å². The van der Waals surface area contributed by atoms with Crippen LogP contribution < -0.4 is 5.32 Å². The second-order valence-electron chi connectivity index (χ2n) is 5.30. The van der Waals surface area contributed by atoms with E-state index in [4.69, 9.17) is 10.2 Å².